The van der Waals surface area contributed by atoms with Gasteiger partial charge < -0.3 is 4.66 Å². The molecule has 22 heavy (non-hydrogen) atoms. The Balaban J connectivity index is 2.71. The molecule has 2 rings (SSSR count). The van der Waals surface area contributed by atoms with Crippen molar-refractivity contribution in [1.29, 1.82) is 0 Å². The predicted molar refractivity (Wildman–Crippen MR) is 102 cm³/mol. The van der Waals surface area contributed by atoms with E-state index in [1.54, 1.807) is 0 Å². The Morgan fingerprint density at radius 1 is 0.864 bits per heavy atom. The Morgan fingerprint density at radius 2 is 1.36 bits per heavy atom. The third-order valence-electron chi connectivity index (χ3n) is 4.84. The number of allylic oxidation sites excluding steroid dienone is 1. The fourth-order valence-electron chi connectivity index (χ4n) is 3.75. The summed E-state index contributed by atoms with van der Waals surface area (Å²) in [7, 11) is -1.98. The minimum atomic E-state index is -1.98. The van der Waals surface area contributed by atoms with Gasteiger partial charge in [-0.1, -0.05) is 91.4 Å². The lowest BCUT2D eigenvalue weighted by Gasteiger charge is -2.45. The maximum atomic E-state index is 5.48. The largest absolute Gasteiger partial charge is 0.318 e. The van der Waals surface area contributed by atoms with Crippen molar-refractivity contribution in [2.24, 2.45) is 10.6 Å². The van der Waals surface area contributed by atoms with Gasteiger partial charge in [0.1, 0.15) is 0 Å². The van der Waals surface area contributed by atoms with Gasteiger partial charge in [-0.15, -0.1) is 0 Å². The second-order valence-corrected chi connectivity index (χ2v) is 13.9. The first-order valence-corrected chi connectivity index (χ1v) is 10.4. The van der Waals surface area contributed by atoms with Crippen molar-refractivity contribution >= 4 is 19.5 Å². The summed E-state index contributed by atoms with van der Waals surface area (Å²) in [4.78, 5) is 0. The van der Waals surface area contributed by atoms with E-state index >= 15 is 0 Å². The lowest BCUT2D eigenvalue weighted by molar-refractivity contribution is 0.622. The van der Waals surface area contributed by atoms with Crippen molar-refractivity contribution < 1.29 is 0 Å². The molecule has 1 nitrogen and oxygen atoms in total. The zero-order valence-corrected chi connectivity index (χ0v) is 16.5. The monoisotopic (exact) mass is 313 g/mol. The van der Waals surface area contributed by atoms with Gasteiger partial charge in [-0.3, -0.25) is 0 Å². The molecule has 0 N–H and O–H groups in total. The van der Waals surface area contributed by atoms with Crippen LogP contribution in [0.5, 0.6) is 0 Å². The third-order valence-corrected chi connectivity index (χ3v) is 10.7. The highest BCUT2D eigenvalue weighted by Crippen LogP contribution is 2.56. The third kappa shape index (κ3) is 2.74. The standard InChI is InChI=1S/C20H31NSi/c1-15(2)18-17(16-12-10-9-11-13-16)14-22(21-18,19(3,4)5)20(6,7)8/h9-15H,1-8H3. The molecule has 0 atom stereocenters. The number of rotatable bonds is 2. The topological polar surface area (TPSA) is 12.4 Å². The van der Waals surface area contributed by atoms with Crippen LogP contribution < -0.4 is 0 Å². The van der Waals surface area contributed by atoms with E-state index in [9.17, 15) is 0 Å². The summed E-state index contributed by atoms with van der Waals surface area (Å²) in [6, 6.07) is 10.8. The molecule has 1 aliphatic heterocycles. The molecular weight excluding hydrogens is 282 g/mol. The predicted octanol–water partition coefficient (Wildman–Crippen LogP) is 6.27. The summed E-state index contributed by atoms with van der Waals surface area (Å²) >= 11 is 0. The van der Waals surface area contributed by atoms with Crippen LogP contribution in [0.2, 0.25) is 10.1 Å². The van der Waals surface area contributed by atoms with Gasteiger partial charge in [-0.05, 0) is 27.1 Å². The Kier molecular flexibility index (Phi) is 4.29. The Morgan fingerprint density at radius 3 is 1.77 bits per heavy atom. The van der Waals surface area contributed by atoms with Crippen molar-refractivity contribution in [2.45, 2.75) is 65.5 Å². The van der Waals surface area contributed by atoms with Gasteiger partial charge in [0.25, 0.3) is 0 Å². The molecule has 120 valence electrons. The molecule has 0 spiro atoms. The van der Waals surface area contributed by atoms with Gasteiger partial charge >= 0.3 is 0 Å². The van der Waals surface area contributed by atoms with E-state index in [-0.39, 0.29) is 10.1 Å². The fourth-order valence-corrected chi connectivity index (χ4v) is 9.09. The highest BCUT2D eigenvalue weighted by molar-refractivity contribution is 6.92. The molecule has 0 amide bonds. The molecule has 0 radical (unpaired) electrons. The molecule has 0 fully saturated rings. The van der Waals surface area contributed by atoms with Crippen LogP contribution >= 0.6 is 0 Å². The maximum absolute atomic E-state index is 5.48. The first-order chi connectivity index (χ1) is 9.99. The maximum Gasteiger partial charge on any atom is 0.216 e. The highest BCUT2D eigenvalue weighted by Gasteiger charge is 2.55. The fraction of sp³-hybridized carbons (Fsp3) is 0.550. The quantitative estimate of drug-likeness (QED) is 0.571. The van der Waals surface area contributed by atoms with Crippen LogP contribution in [0.3, 0.4) is 0 Å². The summed E-state index contributed by atoms with van der Waals surface area (Å²) in [6.45, 7) is 18.8. The zero-order chi connectivity index (χ0) is 16.8. The summed E-state index contributed by atoms with van der Waals surface area (Å²) in [6.07, 6.45) is 0. The van der Waals surface area contributed by atoms with Gasteiger partial charge in [0.15, 0.2) is 0 Å². The van der Waals surface area contributed by atoms with E-state index in [2.05, 4.69) is 91.4 Å². The van der Waals surface area contributed by atoms with Gasteiger partial charge in [-0.2, -0.15) is 0 Å². The summed E-state index contributed by atoms with van der Waals surface area (Å²) < 4.78 is 5.48. The van der Waals surface area contributed by atoms with E-state index in [1.807, 2.05) is 0 Å². The van der Waals surface area contributed by atoms with Crippen LogP contribution in [-0.4, -0.2) is 13.9 Å². The lowest BCUT2D eigenvalue weighted by atomic mass is 9.96. The molecule has 2 heteroatoms. The molecule has 0 aromatic heterocycles. The molecular formula is C20H31NSi. The lowest BCUT2D eigenvalue weighted by Crippen LogP contribution is -2.48. The number of nitrogens with zero attached hydrogens (tertiary/aromatic N) is 1. The average Bonchev–Trinajstić information content (AvgIpc) is 2.81. The molecule has 1 aromatic rings. The van der Waals surface area contributed by atoms with Crippen LogP contribution in [-0.2, 0) is 0 Å². The van der Waals surface area contributed by atoms with Crippen molar-refractivity contribution in [2.75, 3.05) is 0 Å². The Hall–Kier alpha value is -1.15. The zero-order valence-electron chi connectivity index (χ0n) is 15.5. The molecule has 1 aliphatic rings. The van der Waals surface area contributed by atoms with Crippen molar-refractivity contribution in [3.05, 3.63) is 41.6 Å². The molecule has 1 heterocycles. The van der Waals surface area contributed by atoms with Crippen LogP contribution in [0.15, 0.2) is 40.7 Å². The van der Waals surface area contributed by atoms with Crippen molar-refractivity contribution in [3.63, 3.8) is 0 Å². The first-order valence-electron chi connectivity index (χ1n) is 8.38. The Bertz CT molecular complexity index is 581. The molecule has 0 aliphatic carbocycles. The molecule has 0 bridgehead atoms. The summed E-state index contributed by atoms with van der Waals surface area (Å²) in [5.41, 5.74) is 6.59. The molecule has 0 unspecified atom stereocenters. The SMILES string of the molecule is CC(C)C1=N[Si](C(C)(C)C)(C(C)(C)C)C=C1c1ccccc1. The van der Waals surface area contributed by atoms with Gasteiger partial charge in [0, 0.05) is 5.71 Å². The average molecular weight is 314 g/mol. The molecule has 0 saturated heterocycles. The highest BCUT2D eigenvalue weighted by atomic mass is 28.3. The minimum absolute atomic E-state index is 0.210. The van der Waals surface area contributed by atoms with E-state index in [0.717, 1.165) is 0 Å². The summed E-state index contributed by atoms with van der Waals surface area (Å²) in [5.74, 6) is 0.463. The van der Waals surface area contributed by atoms with E-state index in [4.69, 9.17) is 4.66 Å². The Labute approximate surface area is 137 Å². The van der Waals surface area contributed by atoms with E-state index in [1.165, 1.54) is 16.8 Å². The number of hydrogen-bond donors (Lipinski definition) is 0. The smallest absolute Gasteiger partial charge is 0.216 e. The van der Waals surface area contributed by atoms with Crippen molar-refractivity contribution in [3.8, 4) is 0 Å². The van der Waals surface area contributed by atoms with Gasteiger partial charge in [-0.25, -0.2) is 0 Å². The van der Waals surface area contributed by atoms with Gasteiger partial charge in [0.05, 0.1) is 0 Å². The minimum Gasteiger partial charge on any atom is -0.318 e. The van der Waals surface area contributed by atoms with Crippen LogP contribution in [0, 0.1) is 5.92 Å². The van der Waals surface area contributed by atoms with Crippen LogP contribution in [0.1, 0.15) is 61.0 Å². The van der Waals surface area contributed by atoms with Gasteiger partial charge in [0.2, 0.25) is 8.24 Å². The van der Waals surface area contributed by atoms with Crippen LogP contribution in [0.25, 0.3) is 5.57 Å². The van der Waals surface area contributed by atoms with Crippen molar-refractivity contribution in [1.82, 2.24) is 0 Å². The first kappa shape index (κ1) is 17.2. The number of benzene rings is 1. The summed E-state index contributed by atoms with van der Waals surface area (Å²) in [5, 5.41) is 0.420. The second-order valence-electron chi connectivity index (χ2n) is 8.84. The normalized spacial score (nSPS) is 18.4. The molecule has 1 aromatic carbocycles. The number of hydrogen-bond acceptors (Lipinski definition) is 1. The van der Waals surface area contributed by atoms with E-state index < -0.39 is 8.24 Å². The molecule has 0 saturated carbocycles. The van der Waals surface area contributed by atoms with Crippen LogP contribution in [0.4, 0.5) is 0 Å². The second kappa shape index (κ2) is 5.49. The van der Waals surface area contributed by atoms with E-state index in [0.29, 0.717) is 5.92 Å².